The molecule has 0 heterocycles. The zero-order valence-corrected chi connectivity index (χ0v) is 14.3. The van der Waals surface area contributed by atoms with Crippen LogP contribution in [-0.2, 0) is 12.8 Å². The topological polar surface area (TPSA) is 35.2 Å². The maximum Gasteiger partial charge on any atom is 0.122 e. The van der Waals surface area contributed by atoms with Gasteiger partial charge < -0.3 is 10.5 Å². The quantitative estimate of drug-likeness (QED) is 0.816. The average Bonchev–Trinajstić information content (AvgIpc) is 2.49. The molecule has 0 fully saturated rings. The molecule has 0 radical (unpaired) electrons. The van der Waals surface area contributed by atoms with Gasteiger partial charge in [0, 0.05) is 9.50 Å². The Morgan fingerprint density at radius 3 is 2.48 bits per heavy atom. The number of halogens is 2. The summed E-state index contributed by atoms with van der Waals surface area (Å²) in [6.45, 7) is 0.637. The summed E-state index contributed by atoms with van der Waals surface area (Å²) >= 11 is 9.43. The molecular weight excluding hydrogens is 350 g/mol. The maximum atomic E-state index is 5.95. The SMILES string of the molecule is COc1ccc(Br)cc1CC(CN)Cc1ccc(Cl)cc1. The van der Waals surface area contributed by atoms with Crippen molar-refractivity contribution < 1.29 is 4.74 Å². The number of rotatable bonds is 6. The van der Waals surface area contributed by atoms with Gasteiger partial charge >= 0.3 is 0 Å². The summed E-state index contributed by atoms with van der Waals surface area (Å²) in [5.74, 6) is 1.28. The minimum absolute atomic E-state index is 0.370. The Bertz CT molecular complexity index is 586. The van der Waals surface area contributed by atoms with Crippen molar-refractivity contribution in [1.29, 1.82) is 0 Å². The number of benzene rings is 2. The van der Waals surface area contributed by atoms with Crippen LogP contribution in [0.1, 0.15) is 11.1 Å². The summed E-state index contributed by atoms with van der Waals surface area (Å²) in [6, 6.07) is 14.0. The fraction of sp³-hybridized carbons (Fsp3) is 0.294. The van der Waals surface area contributed by atoms with Crippen LogP contribution in [0.3, 0.4) is 0 Å². The summed E-state index contributed by atoms with van der Waals surface area (Å²) < 4.78 is 6.49. The van der Waals surface area contributed by atoms with Crippen molar-refractivity contribution in [3.05, 3.63) is 63.1 Å². The Labute approximate surface area is 139 Å². The van der Waals surface area contributed by atoms with Gasteiger partial charge in [-0.25, -0.2) is 0 Å². The third-order valence-corrected chi connectivity index (χ3v) is 4.27. The van der Waals surface area contributed by atoms with E-state index in [2.05, 4.69) is 34.1 Å². The molecule has 0 spiro atoms. The highest BCUT2D eigenvalue weighted by atomic mass is 79.9. The van der Waals surface area contributed by atoms with Crippen molar-refractivity contribution in [3.8, 4) is 5.75 Å². The lowest BCUT2D eigenvalue weighted by atomic mass is 9.92. The number of nitrogens with two attached hydrogens (primary N) is 1. The highest BCUT2D eigenvalue weighted by Gasteiger charge is 2.13. The van der Waals surface area contributed by atoms with Crippen LogP contribution >= 0.6 is 27.5 Å². The van der Waals surface area contributed by atoms with Crippen molar-refractivity contribution >= 4 is 27.5 Å². The van der Waals surface area contributed by atoms with E-state index in [-0.39, 0.29) is 0 Å². The van der Waals surface area contributed by atoms with Gasteiger partial charge in [0.25, 0.3) is 0 Å². The van der Waals surface area contributed by atoms with Gasteiger partial charge in [0.2, 0.25) is 0 Å². The van der Waals surface area contributed by atoms with Gasteiger partial charge in [0.1, 0.15) is 5.75 Å². The Hall–Kier alpha value is -1.03. The molecule has 1 atom stereocenters. The van der Waals surface area contributed by atoms with E-state index in [0.29, 0.717) is 12.5 Å². The van der Waals surface area contributed by atoms with Crippen molar-refractivity contribution in [2.45, 2.75) is 12.8 Å². The number of ether oxygens (including phenoxy) is 1. The first-order valence-corrected chi connectivity index (χ1v) is 8.06. The largest absolute Gasteiger partial charge is 0.496 e. The lowest BCUT2D eigenvalue weighted by molar-refractivity contribution is 0.403. The number of methoxy groups -OCH3 is 1. The molecule has 2 aromatic carbocycles. The Balaban J connectivity index is 2.11. The van der Waals surface area contributed by atoms with Gasteiger partial charge in [-0.15, -0.1) is 0 Å². The van der Waals surface area contributed by atoms with Gasteiger partial charge in [-0.3, -0.25) is 0 Å². The molecule has 0 aliphatic rings. The van der Waals surface area contributed by atoms with E-state index in [0.717, 1.165) is 28.1 Å². The molecule has 112 valence electrons. The predicted molar refractivity (Wildman–Crippen MR) is 92.1 cm³/mol. The third kappa shape index (κ3) is 4.73. The maximum absolute atomic E-state index is 5.95. The highest BCUT2D eigenvalue weighted by Crippen LogP contribution is 2.26. The minimum Gasteiger partial charge on any atom is -0.496 e. The van der Waals surface area contributed by atoms with Crippen molar-refractivity contribution in [3.63, 3.8) is 0 Å². The zero-order valence-electron chi connectivity index (χ0n) is 12.0. The zero-order chi connectivity index (χ0) is 15.2. The number of hydrogen-bond acceptors (Lipinski definition) is 2. The van der Waals surface area contributed by atoms with E-state index in [1.807, 2.05) is 24.3 Å². The van der Waals surface area contributed by atoms with Crippen LogP contribution in [0.2, 0.25) is 5.02 Å². The Kier molecular flexibility index (Phi) is 6.09. The molecule has 21 heavy (non-hydrogen) atoms. The number of hydrogen-bond donors (Lipinski definition) is 1. The van der Waals surface area contributed by atoms with Crippen molar-refractivity contribution in [1.82, 2.24) is 0 Å². The molecule has 2 N–H and O–H groups in total. The van der Waals surface area contributed by atoms with Crippen LogP contribution in [0, 0.1) is 5.92 Å². The van der Waals surface area contributed by atoms with E-state index in [1.54, 1.807) is 7.11 Å². The van der Waals surface area contributed by atoms with Crippen LogP contribution in [0.5, 0.6) is 5.75 Å². The van der Waals surface area contributed by atoms with Gasteiger partial charge in [-0.1, -0.05) is 39.7 Å². The second kappa shape index (κ2) is 7.83. The Morgan fingerprint density at radius 1 is 1.14 bits per heavy atom. The molecule has 2 rings (SSSR count). The summed E-state index contributed by atoms with van der Waals surface area (Å²) in [5, 5.41) is 0.761. The van der Waals surface area contributed by atoms with E-state index in [1.165, 1.54) is 11.1 Å². The van der Waals surface area contributed by atoms with Gasteiger partial charge in [-0.2, -0.15) is 0 Å². The lowest BCUT2D eigenvalue weighted by Crippen LogP contribution is -2.19. The summed E-state index contributed by atoms with van der Waals surface area (Å²) in [7, 11) is 1.70. The van der Waals surface area contributed by atoms with E-state index < -0.39 is 0 Å². The lowest BCUT2D eigenvalue weighted by Gasteiger charge is -2.17. The molecule has 0 saturated carbocycles. The minimum atomic E-state index is 0.370. The van der Waals surface area contributed by atoms with E-state index in [4.69, 9.17) is 22.1 Å². The molecule has 0 aliphatic carbocycles. The molecule has 0 saturated heterocycles. The molecular formula is C17H19BrClNO. The van der Waals surface area contributed by atoms with Gasteiger partial charge in [0.15, 0.2) is 0 Å². The van der Waals surface area contributed by atoms with Gasteiger partial charge in [-0.05, 0) is 66.8 Å². The second-order valence-corrected chi connectivity index (χ2v) is 6.44. The molecule has 2 aromatic rings. The standard InChI is InChI=1S/C17H19BrClNO/c1-21-17-7-4-15(18)10-14(17)9-13(11-20)8-12-2-5-16(19)6-3-12/h2-7,10,13H,8-9,11,20H2,1H3. The van der Waals surface area contributed by atoms with Crippen LogP contribution in [0.4, 0.5) is 0 Å². The van der Waals surface area contributed by atoms with Crippen LogP contribution in [-0.4, -0.2) is 13.7 Å². The smallest absolute Gasteiger partial charge is 0.122 e. The second-order valence-electron chi connectivity index (χ2n) is 5.09. The molecule has 1 unspecified atom stereocenters. The van der Waals surface area contributed by atoms with E-state index in [9.17, 15) is 0 Å². The summed E-state index contributed by atoms with van der Waals surface area (Å²) in [5.41, 5.74) is 8.38. The predicted octanol–water partition coefficient (Wildman–Crippen LogP) is 4.47. The normalized spacial score (nSPS) is 12.2. The van der Waals surface area contributed by atoms with E-state index >= 15 is 0 Å². The molecule has 0 aliphatic heterocycles. The van der Waals surface area contributed by atoms with Crippen LogP contribution < -0.4 is 10.5 Å². The van der Waals surface area contributed by atoms with Crippen molar-refractivity contribution in [2.24, 2.45) is 11.7 Å². The average molecular weight is 369 g/mol. The van der Waals surface area contributed by atoms with Crippen LogP contribution in [0.15, 0.2) is 46.9 Å². The fourth-order valence-corrected chi connectivity index (χ4v) is 2.94. The molecule has 0 bridgehead atoms. The third-order valence-electron chi connectivity index (χ3n) is 3.52. The monoisotopic (exact) mass is 367 g/mol. The highest BCUT2D eigenvalue weighted by molar-refractivity contribution is 9.10. The summed E-state index contributed by atoms with van der Waals surface area (Å²) in [6.07, 6.45) is 1.82. The first-order valence-electron chi connectivity index (χ1n) is 6.89. The Morgan fingerprint density at radius 2 is 1.86 bits per heavy atom. The molecule has 4 heteroatoms. The first kappa shape index (κ1) is 16.3. The van der Waals surface area contributed by atoms with Crippen LogP contribution in [0.25, 0.3) is 0 Å². The fourth-order valence-electron chi connectivity index (χ4n) is 2.41. The molecule has 0 aromatic heterocycles. The summed E-state index contributed by atoms with van der Waals surface area (Å²) in [4.78, 5) is 0. The first-order chi connectivity index (χ1) is 10.1. The molecule has 0 amide bonds. The van der Waals surface area contributed by atoms with Crippen molar-refractivity contribution in [2.75, 3.05) is 13.7 Å². The molecule has 2 nitrogen and oxygen atoms in total. The van der Waals surface area contributed by atoms with Gasteiger partial charge in [0.05, 0.1) is 7.11 Å².